The Morgan fingerprint density at radius 1 is 1.13 bits per heavy atom. The molecule has 2 aliphatic rings. The van der Waals surface area contributed by atoms with Gasteiger partial charge in [-0.15, -0.1) is 4.40 Å². The van der Waals surface area contributed by atoms with Crippen molar-refractivity contribution in [3.8, 4) is 11.3 Å². The van der Waals surface area contributed by atoms with Gasteiger partial charge in [-0.25, -0.2) is 4.79 Å². The molecule has 1 fully saturated rings. The summed E-state index contributed by atoms with van der Waals surface area (Å²) >= 11 is 0. The zero-order valence-corrected chi connectivity index (χ0v) is 17.3. The summed E-state index contributed by atoms with van der Waals surface area (Å²) in [5.41, 5.74) is 2.09. The zero-order chi connectivity index (χ0) is 21.4. The van der Waals surface area contributed by atoms with Crippen molar-refractivity contribution in [2.45, 2.75) is 30.4 Å². The van der Waals surface area contributed by atoms with E-state index in [2.05, 4.69) is 9.55 Å². The topological polar surface area (TPSA) is 102 Å². The van der Waals surface area contributed by atoms with Crippen LogP contribution in [0.25, 0.3) is 11.3 Å². The number of hydrogen-bond acceptors (Lipinski definition) is 7. The molecule has 8 nitrogen and oxygen atoms in total. The Labute approximate surface area is 179 Å². The molecule has 158 valence electrons. The first-order valence-corrected chi connectivity index (χ1v) is 11.4. The first kappa shape index (κ1) is 19.5. The molecule has 1 aromatic heterocycles. The second kappa shape index (κ2) is 7.66. The normalized spacial score (nSPS) is 19.2. The van der Waals surface area contributed by atoms with E-state index >= 15 is 0 Å². The van der Waals surface area contributed by atoms with E-state index in [0.717, 1.165) is 12.0 Å². The number of hydrogen-bond donors (Lipinski definition) is 0. The van der Waals surface area contributed by atoms with Crippen molar-refractivity contribution >= 4 is 21.8 Å². The molecule has 0 amide bonds. The predicted octanol–water partition coefficient (Wildman–Crippen LogP) is 3.00. The lowest BCUT2D eigenvalue weighted by molar-refractivity contribution is -0.149. The van der Waals surface area contributed by atoms with Crippen molar-refractivity contribution in [2.75, 3.05) is 6.54 Å². The predicted molar refractivity (Wildman–Crippen MR) is 112 cm³/mol. The number of nitrogens with zero attached hydrogens (tertiary/aromatic N) is 3. The molecule has 0 unspecified atom stereocenters. The summed E-state index contributed by atoms with van der Waals surface area (Å²) in [4.78, 5) is 14.7. The van der Waals surface area contributed by atoms with Gasteiger partial charge in [0, 0.05) is 23.7 Å². The largest absolute Gasteiger partial charge is 0.456 e. The average molecular weight is 437 g/mol. The van der Waals surface area contributed by atoms with Gasteiger partial charge in [0.05, 0.1) is 0 Å². The number of fused-ring (bicyclic) bond motifs is 1. The highest BCUT2D eigenvalue weighted by molar-refractivity contribution is 7.90. The molecular weight excluding hydrogens is 418 g/mol. The molecule has 31 heavy (non-hydrogen) atoms. The first-order chi connectivity index (χ1) is 15.0. The third-order valence-corrected chi connectivity index (χ3v) is 6.72. The minimum atomic E-state index is -3.75. The molecule has 5 rings (SSSR count). The highest BCUT2D eigenvalue weighted by atomic mass is 32.2. The molecular formula is C22H19N3O5S. The Bertz CT molecular complexity index is 1270. The first-order valence-electron chi connectivity index (χ1n) is 9.91. The summed E-state index contributed by atoms with van der Waals surface area (Å²) in [7, 11) is -3.75. The van der Waals surface area contributed by atoms with Gasteiger partial charge in [-0.05, 0) is 25.0 Å². The molecule has 2 aliphatic heterocycles. The molecule has 0 radical (unpaired) electrons. The summed E-state index contributed by atoms with van der Waals surface area (Å²) in [6.07, 6.45) is 1.30. The van der Waals surface area contributed by atoms with E-state index in [4.69, 9.17) is 9.26 Å². The van der Waals surface area contributed by atoms with Crippen molar-refractivity contribution in [1.29, 1.82) is 0 Å². The van der Waals surface area contributed by atoms with Crippen LogP contribution in [0.1, 0.15) is 24.2 Å². The maximum atomic E-state index is 12.8. The van der Waals surface area contributed by atoms with Crippen LogP contribution in [0.15, 0.2) is 74.5 Å². The number of likely N-dealkylation sites (tertiary alicyclic amines) is 1. The van der Waals surface area contributed by atoms with Crippen LogP contribution < -0.4 is 0 Å². The number of aromatic nitrogens is 1. The molecule has 0 N–H and O–H groups in total. The van der Waals surface area contributed by atoms with Gasteiger partial charge in [-0.1, -0.05) is 47.6 Å². The molecule has 1 saturated heterocycles. The summed E-state index contributed by atoms with van der Waals surface area (Å²) in [5, 5.41) is 4.02. The van der Waals surface area contributed by atoms with Crippen LogP contribution in [0, 0.1) is 0 Å². The van der Waals surface area contributed by atoms with Crippen LogP contribution in [0.3, 0.4) is 0 Å². The minimum Gasteiger partial charge on any atom is -0.456 e. The Balaban J connectivity index is 1.30. The number of esters is 1. The average Bonchev–Trinajstić information content (AvgIpc) is 3.51. The van der Waals surface area contributed by atoms with E-state index in [9.17, 15) is 13.2 Å². The van der Waals surface area contributed by atoms with Crippen molar-refractivity contribution in [3.63, 3.8) is 0 Å². The number of amidine groups is 1. The molecule has 0 bridgehead atoms. The number of carbonyl (C=O) groups excluding carboxylic acids is 1. The van der Waals surface area contributed by atoms with Crippen LogP contribution in [-0.4, -0.2) is 42.9 Å². The number of sulfonamides is 1. The summed E-state index contributed by atoms with van der Waals surface area (Å²) in [6, 6.07) is 17.3. The van der Waals surface area contributed by atoms with E-state index in [1.54, 1.807) is 29.2 Å². The highest BCUT2D eigenvalue weighted by Gasteiger charge is 2.40. The van der Waals surface area contributed by atoms with Crippen LogP contribution in [-0.2, 0) is 26.2 Å². The Morgan fingerprint density at radius 3 is 2.74 bits per heavy atom. The summed E-state index contributed by atoms with van der Waals surface area (Å²) in [6.45, 7) is 0.479. The van der Waals surface area contributed by atoms with Gasteiger partial charge in [-0.3, -0.25) is 0 Å². The molecule has 0 aliphatic carbocycles. The SMILES string of the molecule is O=C(OCc1cc(-c2ccccc2)no1)[C@@H]1CCCN1C1=NS(=O)(=O)c2ccccc21. The van der Waals surface area contributed by atoms with Gasteiger partial charge in [0.2, 0.25) is 0 Å². The number of ether oxygens (including phenoxy) is 1. The van der Waals surface area contributed by atoms with E-state index in [-0.39, 0.29) is 11.5 Å². The van der Waals surface area contributed by atoms with E-state index in [0.29, 0.717) is 35.8 Å². The fraction of sp³-hybridized carbons (Fsp3) is 0.227. The number of rotatable bonds is 4. The molecule has 1 atom stereocenters. The molecule has 0 spiro atoms. The van der Waals surface area contributed by atoms with E-state index in [1.165, 1.54) is 6.07 Å². The lowest BCUT2D eigenvalue weighted by atomic mass is 10.1. The molecule has 0 saturated carbocycles. The van der Waals surface area contributed by atoms with Crippen LogP contribution in [0.5, 0.6) is 0 Å². The van der Waals surface area contributed by atoms with Gasteiger partial charge in [0.1, 0.15) is 16.6 Å². The summed E-state index contributed by atoms with van der Waals surface area (Å²) < 4.78 is 39.5. The van der Waals surface area contributed by atoms with Crippen LogP contribution in [0.4, 0.5) is 0 Å². The van der Waals surface area contributed by atoms with Gasteiger partial charge in [0.25, 0.3) is 10.0 Å². The monoisotopic (exact) mass is 437 g/mol. The lowest BCUT2D eigenvalue weighted by Gasteiger charge is -2.24. The molecule has 3 heterocycles. The van der Waals surface area contributed by atoms with Crippen molar-refractivity contribution in [1.82, 2.24) is 10.1 Å². The Morgan fingerprint density at radius 2 is 1.90 bits per heavy atom. The van der Waals surface area contributed by atoms with Crippen molar-refractivity contribution in [2.24, 2.45) is 4.40 Å². The van der Waals surface area contributed by atoms with Gasteiger partial charge >= 0.3 is 5.97 Å². The van der Waals surface area contributed by atoms with Gasteiger partial charge in [0.15, 0.2) is 18.2 Å². The maximum absolute atomic E-state index is 12.8. The fourth-order valence-electron chi connectivity index (χ4n) is 3.93. The van der Waals surface area contributed by atoms with Gasteiger partial charge < -0.3 is 14.2 Å². The second-order valence-corrected chi connectivity index (χ2v) is 8.96. The third-order valence-electron chi connectivity index (χ3n) is 5.39. The van der Waals surface area contributed by atoms with Crippen LogP contribution in [0.2, 0.25) is 0 Å². The Kier molecular flexibility index (Phi) is 4.82. The van der Waals surface area contributed by atoms with Gasteiger partial charge in [-0.2, -0.15) is 8.42 Å². The highest BCUT2D eigenvalue weighted by Crippen LogP contribution is 2.31. The van der Waals surface area contributed by atoms with Crippen molar-refractivity contribution in [3.05, 3.63) is 72.0 Å². The maximum Gasteiger partial charge on any atom is 0.329 e. The number of benzene rings is 2. The quantitative estimate of drug-likeness (QED) is 0.578. The fourth-order valence-corrected chi connectivity index (χ4v) is 5.14. The zero-order valence-electron chi connectivity index (χ0n) is 16.5. The van der Waals surface area contributed by atoms with E-state index in [1.807, 2.05) is 30.3 Å². The summed E-state index contributed by atoms with van der Waals surface area (Å²) in [5.74, 6) is 0.295. The number of carbonyl (C=O) groups is 1. The van der Waals surface area contributed by atoms with Crippen LogP contribution >= 0.6 is 0 Å². The third kappa shape index (κ3) is 3.61. The van der Waals surface area contributed by atoms with E-state index < -0.39 is 22.0 Å². The molecule has 2 aromatic carbocycles. The molecule has 9 heteroatoms. The molecule has 3 aromatic rings. The minimum absolute atomic E-state index is 0.0512. The smallest absolute Gasteiger partial charge is 0.329 e. The Hall–Kier alpha value is -3.46. The lowest BCUT2D eigenvalue weighted by Crippen LogP contribution is -2.41. The standard InChI is InChI=1S/C22H19N3O5S/c26-22(29-14-16-13-18(23-30-16)15-7-2-1-3-8-15)19-10-6-12-25(19)21-17-9-4-5-11-20(17)31(27,28)24-21/h1-5,7-9,11,13,19H,6,10,12,14H2/t19-/m0/s1. The second-order valence-electron chi connectivity index (χ2n) is 7.39. The van der Waals surface area contributed by atoms with Crippen molar-refractivity contribution < 1.29 is 22.5 Å².